The van der Waals surface area contributed by atoms with E-state index in [2.05, 4.69) is 68.3 Å². The molecule has 38 heavy (non-hydrogen) atoms. The zero-order chi connectivity index (χ0) is 26.3. The number of rotatable bonds is 5. The molecule has 0 atom stereocenters. The van der Waals surface area contributed by atoms with Gasteiger partial charge in [0.15, 0.2) is 0 Å². The van der Waals surface area contributed by atoms with Crippen LogP contribution in [0.15, 0.2) is 55.1 Å². The number of hydrogen-bond donors (Lipinski definition) is 3. The van der Waals surface area contributed by atoms with Gasteiger partial charge in [-0.05, 0) is 54.5 Å². The van der Waals surface area contributed by atoms with E-state index in [-0.39, 0.29) is 11.3 Å². The largest absolute Gasteiger partial charge is 0.370 e. The highest BCUT2D eigenvalue weighted by atomic mass is 16.1. The van der Waals surface area contributed by atoms with Crippen LogP contribution in [0.3, 0.4) is 0 Å². The molecule has 0 unspecified atom stereocenters. The molecule has 6 rings (SSSR count). The van der Waals surface area contributed by atoms with Gasteiger partial charge in [0.05, 0.1) is 46.7 Å². The Morgan fingerprint density at radius 2 is 1.74 bits per heavy atom. The Morgan fingerprint density at radius 1 is 0.921 bits per heavy atom. The minimum absolute atomic E-state index is 0.0127. The summed E-state index contributed by atoms with van der Waals surface area (Å²) in [6, 6.07) is 10.4. The van der Waals surface area contributed by atoms with Crippen molar-refractivity contribution in [2.75, 3.05) is 23.3 Å². The van der Waals surface area contributed by atoms with Crippen molar-refractivity contribution < 1.29 is 4.79 Å². The van der Waals surface area contributed by atoms with E-state index < -0.39 is 0 Å². The predicted octanol–water partition coefficient (Wildman–Crippen LogP) is 6.53. The maximum Gasteiger partial charge on any atom is 0.224 e. The van der Waals surface area contributed by atoms with Crippen LogP contribution >= 0.6 is 0 Å². The van der Waals surface area contributed by atoms with E-state index in [0.717, 1.165) is 52.0 Å². The topological polar surface area (TPSA) is 103 Å². The van der Waals surface area contributed by atoms with Gasteiger partial charge in [-0.2, -0.15) is 5.10 Å². The number of carbonyl (C=O) groups excluding carboxylic acids is 1. The number of piperidine rings is 1. The Balaban J connectivity index is 1.33. The SMILES string of the molecule is CC(C)(C)CC(=O)Nc1cncc(-c2ccc3[nH]nc(-c4cc5c(N6CCCCC6)cncc5[nH]4)c3c2)c1. The maximum absolute atomic E-state index is 12.5. The molecular formula is C30H33N7O. The second-order valence-electron chi connectivity index (χ2n) is 11.4. The van der Waals surface area contributed by atoms with Crippen LogP contribution in [0.4, 0.5) is 11.4 Å². The van der Waals surface area contributed by atoms with Gasteiger partial charge in [-0.1, -0.05) is 26.8 Å². The quantitative estimate of drug-likeness (QED) is 0.251. The van der Waals surface area contributed by atoms with Crippen LogP contribution in [-0.2, 0) is 4.79 Å². The highest BCUT2D eigenvalue weighted by Crippen LogP contribution is 2.35. The Kier molecular flexibility index (Phi) is 6.10. The molecule has 1 saturated heterocycles. The molecule has 1 fully saturated rings. The molecule has 4 aromatic heterocycles. The van der Waals surface area contributed by atoms with Gasteiger partial charge < -0.3 is 15.2 Å². The van der Waals surface area contributed by atoms with E-state index in [1.54, 1.807) is 6.20 Å². The lowest BCUT2D eigenvalue weighted by Crippen LogP contribution is -2.29. The Hall–Kier alpha value is -4.20. The summed E-state index contributed by atoms with van der Waals surface area (Å²) in [6.45, 7) is 8.30. The van der Waals surface area contributed by atoms with Crippen molar-refractivity contribution in [2.24, 2.45) is 5.41 Å². The highest BCUT2D eigenvalue weighted by Gasteiger charge is 2.19. The minimum atomic E-state index is -0.0783. The van der Waals surface area contributed by atoms with Crippen molar-refractivity contribution in [3.63, 3.8) is 0 Å². The standard InChI is InChI=1S/C30H33N7O/c1-30(2,3)14-28(38)33-21-11-20(15-31-16-21)19-7-8-24-23(12-19)29(36-35-24)25-13-22-26(34-25)17-32-18-27(22)37-9-5-4-6-10-37/h7-8,11-13,15-18,34H,4-6,9-10,14H2,1-3H3,(H,33,38)(H,35,36). The van der Waals surface area contributed by atoms with Crippen LogP contribution in [0, 0.1) is 5.41 Å². The van der Waals surface area contributed by atoms with E-state index in [9.17, 15) is 4.79 Å². The lowest BCUT2D eigenvalue weighted by Gasteiger charge is -2.28. The summed E-state index contributed by atoms with van der Waals surface area (Å²) in [7, 11) is 0. The van der Waals surface area contributed by atoms with E-state index >= 15 is 0 Å². The molecule has 8 heteroatoms. The molecule has 5 aromatic rings. The van der Waals surface area contributed by atoms with Crippen molar-refractivity contribution >= 4 is 39.1 Å². The molecular weight excluding hydrogens is 474 g/mol. The third kappa shape index (κ3) is 4.86. The number of amides is 1. The number of hydrogen-bond acceptors (Lipinski definition) is 5. The smallest absolute Gasteiger partial charge is 0.224 e. The number of H-pyrrole nitrogens is 2. The minimum Gasteiger partial charge on any atom is -0.370 e. The van der Waals surface area contributed by atoms with E-state index in [1.807, 2.05) is 36.8 Å². The summed E-state index contributed by atoms with van der Waals surface area (Å²) in [5.74, 6) is -0.0127. The molecule has 1 aliphatic heterocycles. The van der Waals surface area contributed by atoms with Crippen molar-refractivity contribution in [3.8, 4) is 22.5 Å². The lowest BCUT2D eigenvalue weighted by molar-refractivity contribution is -0.117. The highest BCUT2D eigenvalue weighted by molar-refractivity contribution is 6.00. The first-order chi connectivity index (χ1) is 18.3. The van der Waals surface area contributed by atoms with Crippen molar-refractivity contribution in [2.45, 2.75) is 46.5 Å². The summed E-state index contributed by atoms with van der Waals surface area (Å²) in [5.41, 5.74) is 7.52. The number of fused-ring (bicyclic) bond motifs is 2. The summed E-state index contributed by atoms with van der Waals surface area (Å²) in [4.78, 5) is 27.3. The van der Waals surface area contributed by atoms with Crippen molar-refractivity contribution in [1.82, 2.24) is 25.1 Å². The number of nitrogens with zero attached hydrogens (tertiary/aromatic N) is 4. The van der Waals surface area contributed by atoms with Gasteiger partial charge in [0.1, 0.15) is 5.69 Å². The predicted molar refractivity (Wildman–Crippen MR) is 153 cm³/mol. The number of carbonyl (C=O) groups is 1. The van der Waals surface area contributed by atoms with Gasteiger partial charge >= 0.3 is 0 Å². The average molecular weight is 508 g/mol. The fourth-order valence-corrected chi connectivity index (χ4v) is 5.30. The Morgan fingerprint density at radius 3 is 2.55 bits per heavy atom. The molecule has 194 valence electrons. The van der Waals surface area contributed by atoms with Crippen LogP contribution in [0.25, 0.3) is 44.3 Å². The first kappa shape index (κ1) is 24.2. The summed E-state index contributed by atoms with van der Waals surface area (Å²) in [5, 5.41) is 13.0. The maximum atomic E-state index is 12.5. The molecule has 0 spiro atoms. The third-order valence-electron chi connectivity index (χ3n) is 7.09. The number of aromatic amines is 2. The summed E-state index contributed by atoms with van der Waals surface area (Å²) in [6.07, 6.45) is 11.5. The Bertz CT molecular complexity index is 1620. The van der Waals surface area contributed by atoms with Crippen LogP contribution in [-0.4, -0.2) is 44.1 Å². The molecule has 0 saturated carbocycles. The monoisotopic (exact) mass is 507 g/mol. The van der Waals surface area contributed by atoms with Gasteiger partial charge in [0, 0.05) is 42.0 Å². The van der Waals surface area contributed by atoms with Gasteiger partial charge in [0.2, 0.25) is 5.91 Å². The fourth-order valence-electron chi connectivity index (χ4n) is 5.30. The lowest BCUT2D eigenvalue weighted by atomic mass is 9.92. The van der Waals surface area contributed by atoms with Crippen LogP contribution < -0.4 is 10.2 Å². The van der Waals surface area contributed by atoms with Gasteiger partial charge in [-0.3, -0.25) is 19.9 Å². The van der Waals surface area contributed by atoms with Gasteiger partial charge in [0.25, 0.3) is 0 Å². The summed E-state index contributed by atoms with van der Waals surface area (Å²) < 4.78 is 0. The van der Waals surface area contributed by atoms with Crippen LogP contribution in [0.2, 0.25) is 0 Å². The molecule has 1 aliphatic rings. The molecule has 1 amide bonds. The zero-order valence-corrected chi connectivity index (χ0v) is 22.1. The summed E-state index contributed by atoms with van der Waals surface area (Å²) >= 11 is 0. The third-order valence-corrected chi connectivity index (χ3v) is 7.09. The van der Waals surface area contributed by atoms with Crippen LogP contribution in [0.1, 0.15) is 46.5 Å². The number of pyridine rings is 2. The van der Waals surface area contributed by atoms with E-state index in [4.69, 9.17) is 0 Å². The first-order valence-corrected chi connectivity index (χ1v) is 13.3. The van der Waals surface area contributed by atoms with Gasteiger partial charge in [-0.25, -0.2) is 0 Å². The number of aromatic nitrogens is 5. The molecule has 5 heterocycles. The van der Waals surface area contributed by atoms with Crippen molar-refractivity contribution in [1.29, 1.82) is 0 Å². The zero-order valence-electron chi connectivity index (χ0n) is 22.1. The normalized spacial score (nSPS) is 14.3. The van der Waals surface area contributed by atoms with E-state index in [0.29, 0.717) is 12.1 Å². The second-order valence-corrected chi connectivity index (χ2v) is 11.4. The molecule has 0 bridgehead atoms. The second kappa shape index (κ2) is 9.59. The first-order valence-electron chi connectivity index (χ1n) is 13.3. The number of anilines is 2. The van der Waals surface area contributed by atoms with Gasteiger partial charge in [-0.15, -0.1) is 0 Å². The Labute approximate surface area is 221 Å². The van der Waals surface area contributed by atoms with E-state index in [1.165, 1.54) is 30.3 Å². The molecule has 0 radical (unpaired) electrons. The fraction of sp³-hybridized carbons (Fsp3) is 0.333. The van der Waals surface area contributed by atoms with Crippen molar-refractivity contribution in [3.05, 3.63) is 55.1 Å². The molecule has 3 N–H and O–H groups in total. The number of benzene rings is 1. The average Bonchev–Trinajstić information content (AvgIpc) is 3.51. The molecule has 1 aromatic carbocycles. The molecule has 0 aliphatic carbocycles. The number of nitrogens with one attached hydrogen (secondary N) is 3. The molecule has 8 nitrogen and oxygen atoms in total. The van der Waals surface area contributed by atoms with Crippen LogP contribution in [0.5, 0.6) is 0 Å².